The molecule has 8 heteroatoms. The summed E-state index contributed by atoms with van der Waals surface area (Å²) in [5.74, 6) is -0.836. The highest BCUT2D eigenvalue weighted by Crippen LogP contribution is 2.42. The third kappa shape index (κ3) is 4.79. The zero-order valence-electron chi connectivity index (χ0n) is 20.1. The second-order valence-corrected chi connectivity index (χ2v) is 8.13. The Bertz CT molecular complexity index is 1310. The van der Waals surface area contributed by atoms with Crippen LogP contribution in [0.5, 0.6) is 11.5 Å². The molecule has 3 aromatic rings. The highest BCUT2D eigenvalue weighted by atomic mass is 16.5. The molecule has 2 N–H and O–H groups in total. The number of ether oxygens (including phenoxy) is 2. The summed E-state index contributed by atoms with van der Waals surface area (Å²) in [6.45, 7) is 3.76. The number of benzene rings is 3. The molecular formula is C28H26N2O6. The number of Topliss-reactive ketones (excluding diaryl/α,β-unsaturated/α-hetero) is 1. The maximum Gasteiger partial charge on any atom is 0.300 e. The molecule has 0 saturated carbocycles. The highest BCUT2D eigenvalue weighted by molar-refractivity contribution is 6.51. The topological polar surface area (TPSA) is 105 Å². The van der Waals surface area contributed by atoms with E-state index in [0.29, 0.717) is 40.6 Å². The Labute approximate surface area is 208 Å². The van der Waals surface area contributed by atoms with E-state index in [0.717, 1.165) is 0 Å². The van der Waals surface area contributed by atoms with E-state index in [1.54, 1.807) is 79.9 Å². The summed E-state index contributed by atoms with van der Waals surface area (Å²) < 4.78 is 10.7. The molecule has 184 valence electrons. The minimum atomic E-state index is -0.880. The van der Waals surface area contributed by atoms with Crippen LogP contribution in [0.3, 0.4) is 0 Å². The second-order valence-electron chi connectivity index (χ2n) is 8.13. The smallest absolute Gasteiger partial charge is 0.300 e. The molecule has 2 amide bonds. The molecule has 1 aliphatic rings. The fourth-order valence-corrected chi connectivity index (χ4v) is 4.14. The summed E-state index contributed by atoms with van der Waals surface area (Å²) in [7, 11) is 1.55. The van der Waals surface area contributed by atoms with Crippen LogP contribution in [0.1, 0.15) is 31.0 Å². The number of carbonyl (C=O) groups excluding carboxylic acids is 3. The maximum atomic E-state index is 13.3. The number of aliphatic hydroxyl groups excluding tert-OH is 1. The van der Waals surface area contributed by atoms with E-state index in [1.807, 2.05) is 6.92 Å². The van der Waals surface area contributed by atoms with Crippen molar-refractivity contribution in [1.82, 2.24) is 0 Å². The van der Waals surface area contributed by atoms with Gasteiger partial charge in [0.1, 0.15) is 17.3 Å². The number of nitrogens with one attached hydrogen (secondary N) is 1. The minimum Gasteiger partial charge on any atom is -0.507 e. The van der Waals surface area contributed by atoms with E-state index in [4.69, 9.17) is 9.47 Å². The van der Waals surface area contributed by atoms with E-state index >= 15 is 0 Å². The van der Waals surface area contributed by atoms with Gasteiger partial charge in [-0.15, -0.1) is 0 Å². The first-order valence-corrected chi connectivity index (χ1v) is 11.4. The number of methoxy groups -OCH3 is 1. The Morgan fingerprint density at radius 3 is 2.11 bits per heavy atom. The maximum absolute atomic E-state index is 13.3. The van der Waals surface area contributed by atoms with Crippen LogP contribution in [-0.4, -0.2) is 36.4 Å². The predicted molar refractivity (Wildman–Crippen MR) is 136 cm³/mol. The van der Waals surface area contributed by atoms with Gasteiger partial charge in [-0.2, -0.15) is 0 Å². The molecule has 0 aliphatic carbocycles. The summed E-state index contributed by atoms with van der Waals surface area (Å²) in [6.07, 6.45) is 0. The summed E-state index contributed by atoms with van der Waals surface area (Å²) in [6, 6.07) is 19.3. The van der Waals surface area contributed by atoms with Crippen molar-refractivity contribution >= 4 is 34.7 Å². The number of rotatable bonds is 7. The van der Waals surface area contributed by atoms with E-state index in [9.17, 15) is 19.5 Å². The Morgan fingerprint density at radius 1 is 0.944 bits per heavy atom. The first kappa shape index (κ1) is 24.5. The van der Waals surface area contributed by atoms with Gasteiger partial charge in [-0.1, -0.05) is 12.1 Å². The van der Waals surface area contributed by atoms with Gasteiger partial charge in [0.15, 0.2) is 0 Å². The Balaban J connectivity index is 1.83. The summed E-state index contributed by atoms with van der Waals surface area (Å²) in [5.41, 5.74) is 1.97. The van der Waals surface area contributed by atoms with E-state index in [-0.39, 0.29) is 17.2 Å². The number of carbonyl (C=O) groups is 3. The fraction of sp³-hybridized carbons (Fsp3) is 0.179. The lowest BCUT2D eigenvalue weighted by Gasteiger charge is -2.25. The molecule has 4 rings (SSSR count). The first-order chi connectivity index (χ1) is 17.3. The average molecular weight is 487 g/mol. The molecule has 1 atom stereocenters. The van der Waals surface area contributed by atoms with Crippen molar-refractivity contribution in [2.24, 2.45) is 0 Å². The molecule has 8 nitrogen and oxygen atoms in total. The Morgan fingerprint density at radius 2 is 1.56 bits per heavy atom. The van der Waals surface area contributed by atoms with E-state index < -0.39 is 17.7 Å². The summed E-state index contributed by atoms with van der Waals surface area (Å²) in [4.78, 5) is 39.3. The summed E-state index contributed by atoms with van der Waals surface area (Å²) >= 11 is 0. The van der Waals surface area contributed by atoms with Crippen LogP contribution < -0.4 is 19.7 Å². The average Bonchev–Trinajstić information content (AvgIpc) is 3.14. The zero-order valence-corrected chi connectivity index (χ0v) is 20.1. The number of amides is 2. The second kappa shape index (κ2) is 10.4. The largest absolute Gasteiger partial charge is 0.507 e. The van der Waals surface area contributed by atoms with Crippen LogP contribution >= 0.6 is 0 Å². The molecule has 3 aromatic carbocycles. The molecule has 1 heterocycles. The van der Waals surface area contributed by atoms with Gasteiger partial charge >= 0.3 is 0 Å². The number of aliphatic hydroxyl groups is 1. The third-order valence-corrected chi connectivity index (χ3v) is 5.78. The molecular weight excluding hydrogens is 460 g/mol. The number of anilines is 2. The van der Waals surface area contributed by atoms with Crippen molar-refractivity contribution in [3.63, 3.8) is 0 Å². The number of ketones is 1. The Hall–Kier alpha value is -4.59. The fourth-order valence-electron chi connectivity index (χ4n) is 4.14. The number of nitrogens with zero attached hydrogens (tertiary/aromatic N) is 1. The van der Waals surface area contributed by atoms with Crippen LogP contribution in [-0.2, 0) is 14.4 Å². The molecule has 1 unspecified atom stereocenters. The molecule has 0 aromatic heterocycles. The molecule has 0 radical (unpaired) electrons. The lowest BCUT2D eigenvalue weighted by molar-refractivity contribution is -0.132. The molecule has 1 saturated heterocycles. The van der Waals surface area contributed by atoms with Crippen LogP contribution in [0.25, 0.3) is 5.76 Å². The number of hydrogen-bond donors (Lipinski definition) is 2. The zero-order chi connectivity index (χ0) is 25.8. The van der Waals surface area contributed by atoms with Crippen molar-refractivity contribution in [2.75, 3.05) is 23.9 Å². The van der Waals surface area contributed by atoms with Gasteiger partial charge in [-0.3, -0.25) is 19.3 Å². The van der Waals surface area contributed by atoms with Crippen molar-refractivity contribution in [2.45, 2.75) is 19.9 Å². The molecule has 36 heavy (non-hydrogen) atoms. The molecule has 0 spiro atoms. The third-order valence-electron chi connectivity index (χ3n) is 5.78. The van der Waals surface area contributed by atoms with Crippen molar-refractivity contribution < 1.29 is 29.0 Å². The van der Waals surface area contributed by atoms with E-state index in [2.05, 4.69) is 5.32 Å². The van der Waals surface area contributed by atoms with Gasteiger partial charge in [0, 0.05) is 23.9 Å². The molecule has 1 fully saturated rings. The SMILES string of the molecule is CCOc1ccc(/C(O)=C2\C(=O)C(=O)N(c3ccc(NC(C)=O)cc3)C2c2ccc(OC)cc2)cc1. The first-order valence-electron chi connectivity index (χ1n) is 11.4. The minimum absolute atomic E-state index is 0.0275. The lowest BCUT2D eigenvalue weighted by atomic mass is 9.95. The van der Waals surface area contributed by atoms with Gasteiger partial charge in [0.05, 0.1) is 25.3 Å². The van der Waals surface area contributed by atoms with Crippen LogP contribution in [0, 0.1) is 0 Å². The van der Waals surface area contributed by atoms with Crippen LogP contribution in [0.4, 0.5) is 11.4 Å². The molecule has 0 bridgehead atoms. The lowest BCUT2D eigenvalue weighted by Crippen LogP contribution is -2.29. The summed E-state index contributed by atoms with van der Waals surface area (Å²) in [5, 5.41) is 13.9. The molecule has 1 aliphatic heterocycles. The van der Waals surface area contributed by atoms with Crippen LogP contribution in [0.2, 0.25) is 0 Å². The van der Waals surface area contributed by atoms with Gasteiger partial charge in [0.25, 0.3) is 11.7 Å². The van der Waals surface area contributed by atoms with E-state index in [1.165, 1.54) is 11.8 Å². The van der Waals surface area contributed by atoms with Gasteiger partial charge in [-0.05, 0) is 73.2 Å². The van der Waals surface area contributed by atoms with Crippen molar-refractivity contribution in [1.29, 1.82) is 0 Å². The van der Waals surface area contributed by atoms with Crippen molar-refractivity contribution in [3.8, 4) is 11.5 Å². The number of hydrogen-bond acceptors (Lipinski definition) is 6. The van der Waals surface area contributed by atoms with Crippen LogP contribution in [0.15, 0.2) is 78.4 Å². The monoisotopic (exact) mass is 486 g/mol. The predicted octanol–water partition coefficient (Wildman–Crippen LogP) is 4.68. The van der Waals surface area contributed by atoms with Gasteiger partial charge in [-0.25, -0.2) is 0 Å². The van der Waals surface area contributed by atoms with Crippen molar-refractivity contribution in [3.05, 3.63) is 89.5 Å². The standard InChI is InChI=1S/C28H26N2O6/c1-4-36-23-15-7-19(8-16-23)26(32)24-25(18-5-13-22(35-3)14-6-18)30(28(34)27(24)33)21-11-9-20(10-12-21)29-17(2)31/h5-16,25,32H,4H2,1-3H3,(H,29,31)/b26-24+. The van der Waals surface area contributed by atoms with Gasteiger partial charge in [0.2, 0.25) is 5.91 Å². The highest BCUT2D eigenvalue weighted by Gasteiger charge is 2.47. The quantitative estimate of drug-likeness (QED) is 0.285. The Kier molecular flexibility index (Phi) is 7.05. The van der Waals surface area contributed by atoms with Gasteiger partial charge < -0.3 is 19.9 Å². The normalized spacial score (nSPS) is 16.6.